The largest absolute Gasteiger partial charge is 0.352 e. The molecule has 2 aromatic carbocycles. The zero-order chi connectivity index (χ0) is 21.4. The second-order valence-corrected chi connectivity index (χ2v) is 7.93. The highest BCUT2D eigenvalue weighted by Crippen LogP contribution is 2.16. The Morgan fingerprint density at radius 2 is 1.66 bits per heavy atom. The molecule has 2 aromatic rings. The molecule has 0 aliphatic heterocycles. The number of amides is 2. The topological polar surface area (TPSA) is 49.4 Å². The van der Waals surface area contributed by atoms with Crippen LogP contribution in [0.4, 0.5) is 0 Å². The van der Waals surface area contributed by atoms with Crippen molar-refractivity contribution in [3.63, 3.8) is 0 Å². The van der Waals surface area contributed by atoms with Crippen molar-refractivity contribution in [2.45, 2.75) is 72.5 Å². The number of hydrogen-bond acceptors (Lipinski definition) is 2. The highest BCUT2D eigenvalue weighted by atomic mass is 16.2. The summed E-state index contributed by atoms with van der Waals surface area (Å²) in [5, 5.41) is 3.01. The third-order valence-corrected chi connectivity index (χ3v) is 5.52. The van der Waals surface area contributed by atoms with E-state index in [1.165, 1.54) is 5.56 Å². The standard InChI is InChI=1S/C25H34N2O2/c1-6-20(4)26-25(29)21(5)27(17-23-10-8-7-9-19(23)3)24(28)16-15-22-13-11-18(2)12-14-22/h7-14,20-21H,6,15-17H2,1-5H3,(H,26,29)/t20-,21+/m1/s1. The summed E-state index contributed by atoms with van der Waals surface area (Å²) >= 11 is 0. The van der Waals surface area contributed by atoms with Crippen LogP contribution in [0.5, 0.6) is 0 Å². The molecule has 0 heterocycles. The molecule has 0 fully saturated rings. The molecule has 1 N–H and O–H groups in total. The predicted molar refractivity (Wildman–Crippen MR) is 119 cm³/mol. The zero-order valence-corrected chi connectivity index (χ0v) is 18.4. The number of hydrogen-bond donors (Lipinski definition) is 1. The van der Waals surface area contributed by atoms with Crippen molar-refractivity contribution in [3.05, 3.63) is 70.8 Å². The summed E-state index contributed by atoms with van der Waals surface area (Å²) in [4.78, 5) is 27.6. The molecule has 4 heteroatoms. The first kappa shape index (κ1) is 22.7. The molecule has 4 nitrogen and oxygen atoms in total. The first-order chi connectivity index (χ1) is 13.8. The Morgan fingerprint density at radius 3 is 2.28 bits per heavy atom. The second kappa shape index (κ2) is 10.8. The molecule has 0 bridgehead atoms. The predicted octanol–water partition coefficient (Wildman–Crippen LogP) is 4.57. The Morgan fingerprint density at radius 1 is 1.00 bits per heavy atom. The van der Waals surface area contributed by atoms with Crippen LogP contribution < -0.4 is 5.32 Å². The summed E-state index contributed by atoms with van der Waals surface area (Å²) in [6.45, 7) is 10.4. The molecule has 2 rings (SSSR count). The molecule has 0 unspecified atom stereocenters. The van der Waals surface area contributed by atoms with Gasteiger partial charge in [-0.25, -0.2) is 0 Å². The van der Waals surface area contributed by atoms with E-state index in [1.807, 2.05) is 52.0 Å². The van der Waals surface area contributed by atoms with Crippen molar-refractivity contribution < 1.29 is 9.59 Å². The van der Waals surface area contributed by atoms with E-state index in [9.17, 15) is 9.59 Å². The maximum absolute atomic E-state index is 13.1. The number of aryl methyl sites for hydroxylation is 3. The Hall–Kier alpha value is -2.62. The molecule has 0 radical (unpaired) electrons. The lowest BCUT2D eigenvalue weighted by Gasteiger charge is -2.30. The van der Waals surface area contributed by atoms with E-state index < -0.39 is 6.04 Å². The third kappa shape index (κ3) is 6.74. The third-order valence-electron chi connectivity index (χ3n) is 5.52. The normalized spacial score (nSPS) is 12.9. The van der Waals surface area contributed by atoms with Gasteiger partial charge in [0.1, 0.15) is 6.04 Å². The van der Waals surface area contributed by atoms with E-state index in [1.54, 1.807) is 4.90 Å². The van der Waals surface area contributed by atoms with Gasteiger partial charge >= 0.3 is 0 Å². The van der Waals surface area contributed by atoms with E-state index in [-0.39, 0.29) is 17.9 Å². The van der Waals surface area contributed by atoms with Gasteiger partial charge in [-0.1, -0.05) is 61.0 Å². The number of carbonyl (C=O) groups is 2. The minimum absolute atomic E-state index is 0.000583. The quantitative estimate of drug-likeness (QED) is 0.677. The molecule has 0 saturated carbocycles. The summed E-state index contributed by atoms with van der Waals surface area (Å²) in [7, 11) is 0. The van der Waals surface area contributed by atoms with Crippen molar-refractivity contribution in [2.24, 2.45) is 0 Å². The van der Waals surface area contributed by atoms with Crippen molar-refractivity contribution in [1.82, 2.24) is 10.2 Å². The van der Waals surface area contributed by atoms with Crippen LogP contribution in [-0.2, 0) is 22.6 Å². The van der Waals surface area contributed by atoms with Crippen LogP contribution in [0.2, 0.25) is 0 Å². The molecular formula is C25H34N2O2. The van der Waals surface area contributed by atoms with E-state index >= 15 is 0 Å². The molecule has 0 aliphatic carbocycles. The van der Waals surface area contributed by atoms with E-state index in [0.717, 1.165) is 23.1 Å². The Labute approximate surface area is 175 Å². The fourth-order valence-corrected chi connectivity index (χ4v) is 3.17. The minimum Gasteiger partial charge on any atom is -0.352 e. The zero-order valence-electron chi connectivity index (χ0n) is 18.4. The average Bonchev–Trinajstić information content (AvgIpc) is 2.71. The number of nitrogens with zero attached hydrogens (tertiary/aromatic N) is 1. The van der Waals surface area contributed by atoms with Gasteiger partial charge in [-0.2, -0.15) is 0 Å². The Balaban J connectivity index is 2.15. The Kier molecular flexibility index (Phi) is 8.44. The van der Waals surface area contributed by atoms with Crippen LogP contribution in [0.3, 0.4) is 0 Å². The average molecular weight is 395 g/mol. The van der Waals surface area contributed by atoms with Gasteiger partial charge in [-0.3, -0.25) is 9.59 Å². The lowest BCUT2D eigenvalue weighted by Crippen LogP contribution is -2.49. The Bertz CT molecular complexity index is 814. The molecule has 0 spiro atoms. The fraction of sp³-hybridized carbons (Fsp3) is 0.440. The molecule has 29 heavy (non-hydrogen) atoms. The summed E-state index contributed by atoms with van der Waals surface area (Å²) < 4.78 is 0. The lowest BCUT2D eigenvalue weighted by molar-refractivity contribution is -0.140. The van der Waals surface area contributed by atoms with Gasteiger partial charge in [-0.05, 0) is 57.2 Å². The number of rotatable bonds is 9. The van der Waals surface area contributed by atoms with Gasteiger partial charge in [0.05, 0.1) is 0 Å². The van der Waals surface area contributed by atoms with Gasteiger partial charge in [0, 0.05) is 19.0 Å². The molecule has 156 valence electrons. The summed E-state index contributed by atoms with van der Waals surface area (Å²) in [6, 6.07) is 15.8. The lowest BCUT2D eigenvalue weighted by atomic mass is 10.0. The van der Waals surface area contributed by atoms with Crippen LogP contribution in [0.1, 0.15) is 55.9 Å². The highest BCUT2D eigenvalue weighted by Gasteiger charge is 2.26. The second-order valence-electron chi connectivity index (χ2n) is 7.93. The van der Waals surface area contributed by atoms with Crippen LogP contribution in [0, 0.1) is 13.8 Å². The summed E-state index contributed by atoms with van der Waals surface area (Å²) in [5.74, 6) is -0.0998. The molecule has 2 atom stereocenters. The van der Waals surface area contributed by atoms with Gasteiger partial charge in [-0.15, -0.1) is 0 Å². The monoisotopic (exact) mass is 394 g/mol. The molecular weight excluding hydrogens is 360 g/mol. The smallest absolute Gasteiger partial charge is 0.242 e. The molecule has 2 amide bonds. The molecule has 0 aromatic heterocycles. The summed E-state index contributed by atoms with van der Waals surface area (Å²) in [6.07, 6.45) is 1.91. The van der Waals surface area contributed by atoms with E-state index in [2.05, 4.69) is 36.5 Å². The summed E-state index contributed by atoms with van der Waals surface area (Å²) in [5.41, 5.74) is 4.53. The van der Waals surface area contributed by atoms with E-state index in [4.69, 9.17) is 0 Å². The van der Waals surface area contributed by atoms with Gasteiger partial charge in [0.15, 0.2) is 0 Å². The number of carbonyl (C=O) groups excluding carboxylic acids is 2. The number of benzene rings is 2. The van der Waals surface area contributed by atoms with Gasteiger partial charge in [0.2, 0.25) is 11.8 Å². The van der Waals surface area contributed by atoms with Crippen LogP contribution in [0.25, 0.3) is 0 Å². The van der Waals surface area contributed by atoms with Crippen LogP contribution >= 0.6 is 0 Å². The molecule has 0 aliphatic rings. The molecule has 0 saturated heterocycles. The van der Waals surface area contributed by atoms with Crippen molar-refractivity contribution in [3.8, 4) is 0 Å². The first-order valence-corrected chi connectivity index (χ1v) is 10.5. The van der Waals surface area contributed by atoms with Crippen molar-refractivity contribution in [2.75, 3.05) is 0 Å². The van der Waals surface area contributed by atoms with E-state index in [0.29, 0.717) is 19.4 Å². The highest BCUT2D eigenvalue weighted by molar-refractivity contribution is 5.87. The van der Waals surface area contributed by atoms with Crippen molar-refractivity contribution in [1.29, 1.82) is 0 Å². The fourth-order valence-electron chi connectivity index (χ4n) is 3.17. The SMILES string of the molecule is CC[C@@H](C)NC(=O)[C@H](C)N(Cc1ccccc1C)C(=O)CCc1ccc(C)cc1. The minimum atomic E-state index is -0.519. The van der Waals surface area contributed by atoms with Gasteiger partial charge < -0.3 is 10.2 Å². The maximum Gasteiger partial charge on any atom is 0.242 e. The van der Waals surface area contributed by atoms with Gasteiger partial charge in [0.25, 0.3) is 0 Å². The first-order valence-electron chi connectivity index (χ1n) is 10.5. The van der Waals surface area contributed by atoms with Crippen LogP contribution in [0.15, 0.2) is 48.5 Å². The number of nitrogens with one attached hydrogen (secondary N) is 1. The van der Waals surface area contributed by atoms with Crippen molar-refractivity contribution >= 4 is 11.8 Å². The van der Waals surface area contributed by atoms with Crippen LogP contribution in [-0.4, -0.2) is 28.8 Å². The maximum atomic E-state index is 13.1.